The second kappa shape index (κ2) is 5.22. The van der Waals surface area contributed by atoms with E-state index in [1.807, 2.05) is 0 Å². The summed E-state index contributed by atoms with van der Waals surface area (Å²) in [5.41, 5.74) is 2.65. The summed E-state index contributed by atoms with van der Waals surface area (Å²) in [5, 5.41) is 19.1. The summed E-state index contributed by atoms with van der Waals surface area (Å²) in [6.45, 7) is 0. The van der Waals surface area contributed by atoms with Crippen LogP contribution in [0.1, 0.15) is 11.1 Å². The van der Waals surface area contributed by atoms with Crippen LogP contribution >= 0.6 is 0 Å². The number of halogens is 3. The zero-order valence-electron chi connectivity index (χ0n) is 9.35. The van der Waals surface area contributed by atoms with Crippen LogP contribution in [0.2, 0.25) is 0 Å². The molecule has 0 saturated carbocycles. The van der Waals surface area contributed by atoms with Crippen molar-refractivity contribution in [2.24, 2.45) is 5.73 Å². The lowest BCUT2D eigenvalue weighted by Gasteiger charge is -2.11. The zero-order valence-corrected chi connectivity index (χ0v) is 9.35. The molecule has 0 bridgehead atoms. The lowest BCUT2D eigenvalue weighted by atomic mass is 10.0. The quantitative estimate of drug-likeness (QED) is 0.642. The lowest BCUT2D eigenvalue weighted by molar-refractivity contribution is -0.388. The van der Waals surface area contributed by atoms with Gasteiger partial charge in [0.15, 0.2) is 0 Å². The van der Waals surface area contributed by atoms with Gasteiger partial charge in [-0.15, -0.1) is 0 Å². The molecule has 9 heteroatoms. The van der Waals surface area contributed by atoms with E-state index in [0.717, 1.165) is 6.07 Å². The van der Waals surface area contributed by atoms with Gasteiger partial charge in [-0.05, 0) is 18.1 Å². The third kappa shape index (κ3) is 3.65. The first-order chi connectivity index (χ1) is 8.62. The van der Waals surface area contributed by atoms with Gasteiger partial charge in [0.05, 0.1) is 4.92 Å². The number of carboxylic acids is 1. The van der Waals surface area contributed by atoms with Gasteiger partial charge in [0.25, 0.3) is 5.69 Å². The molecule has 0 fully saturated rings. The Bertz CT molecular complexity index is 516. The molecule has 19 heavy (non-hydrogen) atoms. The van der Waals surface area contributed by atoms with Gasteiger partial charge < -0.3 is 10.8 Å². The summed E-state index contributed by atoms with van der Waals surface area (Å²) < 4.78 is 37.9. The van der Waals surface area contributed by atoms with Crippen molar-refractivity contribution in [3.63, 3.8) is 0 Å². The normalized spacial score (nSPS) is 13.1. The van der Waals surface area contributed by atoms with Gasteiger partial charge in [0.1, 0.15) is 11.6 Å². The number of rotatable bonds is 4. The van der Waals surface area contributed by atoms with E-state index in [4.69, 9.17) is 10.8 Å². The molecule has 0 saturated heterocycles. The van der Waals surface area contributed by atoms with Crippen LogP contribution in [0.15, 0.2) is 18.2 Å². The van der Waals surface area contributed by atoms with Crippen molar-refractivity contribution in [3.05, 3.63) is 39.4 Å². The molecule has 1 rings (SSSR count). The Kier molecular flexibility index (Phi) is 4.10. The first-order valence-corrected chi connectivity index (χ1v) is 4.96. The SMILES string of the molecule is N[C@@H](Cc1ccc([N+](=O)[O-])c(C(F)(F)F)c1)C(=O)O. The van der Waals surface area contributed by atoms with Gasteiger partial charge in [-0.3, -0.25) is 14.9 Å². The molecular weight excluding hydrogens is 269 g/mol. The highest BCUT2D eigenvalue weighted by Crippen LogP contribution is 2.36. The van der Waals surface area contributed by atoms with Gasteiger partial charge >= 0.3 is 12.1 Å². The molecule has 0 aliphatic rings. The van der Waals surface area contributed by atoms with Crippen LogP contribution in [0.5, 0.6) is 0 Å². The Balaban J connectivity index is 3.19. The number of aliphatic carboxylic acids is 1. The van der Waals surface area contributed by atoms with E-state index >= 15 is 0 Å². The molecule has 1 aromatic rings. The maximum atomic E-state index is 12.6. The summed E-state index contributed by atoms with van der Waals surface area (Å²) in [7, 11) is 0. The highest BCUT2D eigenvalue weighted by Gasteiger charge is 2.38. The third-order valence-electron chi connectivity index (χ3n) is 2.34. The Hall–Kier alpha value is -2.16. The number of nitrogens with two attached hydrogens (primary N) is 1. The van der Waals surface area contributed by atoms with Gasteiger partial charge in [-0.2, -0.15) is 13.2 Å². The van der Waals surface area contributed by atoms with E-state index in [0.29, 0.717) is 12.1 Å². The maximum Gasteiger partial charge on any atom is 0.423 e. The second-order valence-corrected chi connectivity index (χ2v) is 3.76. The molecule has 0 aliphatic heterocycles. The van der Waals surface area contributed by atoms with Gasteiger partial charge in [-0.25, -0.2) is 0 Å². The predicted molar refractivity (Wildman–Crippen MR) is 57.4 cm³/mol. The number of carbonyl (C=O) groups is 1. The highest BCUT2D eigenvalue weighted by molar-refractivity contribution is 5.73. The summed E-state index contributed by atoms with van der Waals surface area (Å²) in [5.74, 6) is -1.37. The molecule has 0 unspecified atom stereocenters. The predicted octanol–water partition coefficient (Wildman–Crippen LogP) is 1.57. The largest absolute Gasteiger partial charge is 0.480 e. The number of nitrogens with zero attached hydrogens (tertiary/aromatic N) is 1. The second-order valence-electron chi connectivity index (χ2n) is 3.76. The van der Waals surface area contributed by atoms with Crippen LogP contribution in [0, 0.1) is 10.1 Å². The first kappa shape index (κ1) is 14.9. The van der Waals surface area contributed by atoms with Crippen molar-refractivity contribution < 1.29 is 28.0 Å². The number of hydrogen-bond acceptors (Lipinski definition) is 4. The van der Waals surface area contributed by atoms with E-state index < -0.39 is 34.4 Å². The average molecular weight is 278 g/mol. The number of nitro groups is 1. The highest BCUT2D eigenvalue weighted by atomic mass is 19.4. The molecule has 0 heterocycles. The fourth-order valence-corrected chi connectivity index (χ4v) is 1.44. The van der Waals surface area contributed by atoms with Crippen molar-refractivity contribution >= 4 is 11.7 Å². The van der Waals surface area contributed by atoms with Crippen molar-refractivity contribution in [1.82, 2.24) is 0 Å². The summed E-state index contributed by atoms with van der Waals surface area (Å²) in [6.07, 6.45) is -5.25. The van der Waals surface area contributed by atoms with Crippen LogP contribution < -0.4 is 5.73 Å². The van der Waals surface area contributed by atoms with E-state index in [-0.39, 0.29) is 12.0 Å². The Labute approximate surface area is 104 Å². The lowest BCUT2D eigenvalue weighted by Crippen LogP contribution is -2.32. The molecule has 6 nitrogen and oxygen atoms in total. The van der Waals surface area contributed by atoms with Crippen LogP contribution in [-0.2, 0) is 17.4 Å². The number of benzene rings is 1. The topological polar surface area (TPSA) is 106 Å². The van der Waals surface area contributed by atoms with Crippen LogP contribution in [0.4, 0.5) is 18.9 Å². The fourth-order valence-electron chi connectivity index (χ4n) is 1.44. The number of hydrogen-bond donors (Lipinski definition) is 2. The molecule has 1 atom stereocenters. The van der Waals surface area contributed by atoms with E-state index in [9.17, 15) is 28.1 Å². The Morgan fingerprint density at radius 2 is 2.05 bits per heavy atom. The molecule has 0 aliphatic carbocycles. The molecular formula is C10H9F3N2O4. The standard InChI is InChI=1S/C10H9F3N2O4/c11-10(12,13)6-3-5(4-7(14)9(16)17)1-2-8(6)15(18)19/h1-3,7H,4,14H2,(H,16,17)/t7-/m0/s1. The summed E-state index contributed by atoms with van der Waals surface area (Å²) in [4.78, 5) is 19.9. The average Bonchev–Trinajstić information content (AvgIpc) is 2.27. The Morgan fingerprint density at radius 3 is 2.47 bits per heavy atom. The molecule has 0 amide bonds. The molecule has 0 spiro atoms. The molecule has 0 aromatic heterocycles. The summed E-state index contributed by atoms with van der Waals surface area (Å²) >= 11 is 0. The van der Waals surface area contributed by atoms with E-state index in [2.05, 4.69) is 0 Å². The molecule has 104 valence electrons. The minimum absolute atomic E-state index is 0.0344. The first-order valence-electron chi connectivity index (χ1n) is 4.96. The van der Waals surface area contributed by atoms with Gasteiger partial charge in [-0.1, -0.05) is 6.07 Å². The van der Waals surface area contributed by atoms with Crippen LogP contribution in [0.25, 0.3) is 0 Å². The smallest absolute Gasteiger partial charge is 0.423 e. The number of carboxylic acid groups (broad SMARTS) is 1. The van der Waals surface area contributed by atoms with Crippen molar-refractivity contribution in [3.8, 4) is 0 Å². The van der Waals surface area contributed by atoms with E-state index in [1.54, 1.807) is 0 Å². The number of nitro benzene ring substituents is 1. The Morgan fingerprint density at radius 1 is 1.47 bits per heavy atom. The van der Waals surface area contributed by atoms with Crippen LogP contribution in [0.3, 0.4) is 0 Å². The van der Waals surface area contributed by atoms with Crippen molar-refractivity contribution in [1.29, 1.82) is 0 Å². The fraction of sp³-hybridized carbons (Fsp3) is 0.300. The van der Waals surface area contributed by atoms with Crippen molar-refractivity contribution in [2.75, 3.05) is 0 Å². The van der Waals surface area contributed by atoms with Crippen LogP contribution in [-0.4, -0.2) is 22.0 Å². The third-order valence-corrected chi connectivity index (χ3v) is 2.34. The maximum absolute atomic E-state index is 12.6. The van der Waals surface area contributed by atoms with E-state index in [1.165, 1.54) is 0 Å². The number of alkyl halides is 3. The minimum Gasteiger partial charge on any atom is -0.480 e. The molecule has 1 aromatic carbocycles. The molecule has 0 radical (unpaired) electrons. The van der Waals surface area contributed by atoms with Gasteiger partial charge in [0.2, 0.25) is 0 Å². The van der Waals surface area contributed by atoms with Crippen molar-refractivity contribution in [2.45, 2.75) is 18.6 Å². The van der Waals surface area contributed by atoms with Gasteiger partial charge in [0, 0.05) is 6.07 Å². The zero-order chi connectivity index (χ0) is 14.8. The monoisotopic (exact) mass is 278 g/mol. The minimum atomic E-state index is -4.90. The molecule has 3 N–H and O–H groups in total. The summed E-state index contributed by atoms with van der Waals surface area (Å²) in [6, 6.07) is 0.909.